The van der Waals surface area contributed by atoms with Gasteiger partial charge in [0.15, 0.2) is 0 Å². The zero-order valence-corrected chi connectivity index (χ0v) is 10.1. The third-order valence-corrected chi connectivity index (χ3v) is 2.11. The van der Waals surface area contributed by atoms with E-state index in [9.17, 15) is 18.3 Å². The molecule has 0 aromatic heterocycles. The monoisotopic (exact) mass is 286 g/mol. The minimum Gasteiger partial charge on any atom is -0.508 e. The van der Waals surface area contributed by atoms with Crippen LogP contribution in [0.25, 0.3) is 0 Å². The van der Waals surface area contributed by atoms with Crippen LogP contribution >= 0.6 is 12.4 Å². The standard InChI is InChI=1S/C10H13F3N2O2.ClH/c11-10(12,13)17-6-1-2-9(16)7(5-6)8(15)3-4-14;/h1-2,5,8,16H,3-4,14-15H2;1H/t8-;/m0./s1. The van der Waals surface area contributed by atoms with Crippen molar-refractivity contribution in [3.63, 3.8) is 0 Å². The van der Waals surface area contributed by atoms with Crippen molar-refractivity contribution in [2.45, 2.75) is 18.8 Å². The Hall–Kier alpha value is -1.18. The number of alkyl halides is 3. The fourth-order valence-corrected chi connectivity index (χ4v) is 1.36. The smallest absolute Gasteiger partial charge is 0.508 e. The number of benzene rings is 1. The van der Waals surface area contributed by atoms with E-state index in [1.165, 1.54) is 0 Å². The van der Waals surface area contributed by atoms with Gasteiger partial charge in [0.2, 0.25) is 0 Å². The van der Waals surface area contributed by atoms with Gasteiger partial charge in [0.1, 0.15) is 11.5 Å². The highest BCUT2D eigenvalue weighted by Gasteiger charge is 2.31. The van der Waals surface area contributed by atoms with Crippen LogP contribution in [0.2, 0.25) is 0 Å². The molecule has 0 bridgehead atoms. The lowest BCUT2D eigenvalue weighted by Gasteiger charge is -2.15. The molecule has 0 aliphatic rings. The molecule has 104 valence electrons. The van der Waals surface area contributed by atoms with Crippen molar-refractivity contribution in [2.24, 2.45) is 11.5 Å². The maximum Gasteiger partial charge on any atom is 0.573 e. The van der Waals surface area contributed by atoms with Crippen LogP contribution in [0.1, 0.15) is 18.0 Å². The number of halogens is 4. The predicted molar refractivity (Wildman–Crippen MR) is 62.6 cm³/mol. The molecule has 4 nitrogen and oxygen atoms in total. The molecule has 18 heavy (non-hydrogen) atoms. The Bertz CT molecular complexity index is 388. The summed E-state index contributed by atoms with van der Waals surface area (Å²) in [6.07, 6.45) is -4.42. The van der Waals surface area contributed by atoms with Crippen LogP contribution in [0.15, 0.2) is 18.2 Å². The van der Waals surface area contributed by atoms with Gasteiger partial charge in [-0.2, -0.15) is 0 Å². The maximum atomic E-state index is 12.0. The van der Waals surface area contributed by atoms with E-state index in [2.05, 4.69) is 4.74 Å². The van der Waals surface area contributed by atoms with Crippen molar-refractivity contribution in [2.75, 3.05) is 6.54 Å². The van der Waals surface area contributed by atoms with Crippen LogP contribution in [-0.4, -0.2) is 18.0 Å². The molecular formula is C10H14ClF3N2O2. The number of ether oxygens (including phenoxy) is 1. The predicted octanol–water partition coefficient (Wildman–Crippen LogP) is 2.06. The van der Waals surface area contributed by atoms with Gasteiger partial charge in [-0.05, 0) is 31.2 Å². The quantitative estimate of drug-likeness (QED) is 0.791. The third-order valence-electron chi connectivity index (χ3n) is 2.11. The van der Waals surface area contributed by atoms with Crippen LogP contribution in [0.3, 0.4) is 0 Å². The fraction of sp³-hybridized carbons (Fsp3) is 0.400. The van der Waals surface area contributed by atoms with E-state index < -0.39 is 18.2 Å². The number of phenolic OH excluding ortho intramolecular Hbond substituents is 1. The summed E-state index contributed by atoms with van der Waals surface area (Å²) in [5.41, 5.74) is 11.1. The molecule has 0 heterocycles. The Balaban J connectivity index is 0.00000289. The van der Waals surface area contributed by atoms with Gasteiger partial charge in [-0.25, -0.2) is 0 Å². The molecule has 0 aliphatic heterocycles. The highest BCUT2D eigenvalue weighted by Crippen LogP contribution is 2.31. The Morgan fingerprint density at radius 3 is 2.44 bits per heavy atom. The topological polar surface area (TPSA) is 81.5 Å². The zero-order chi connectivity index (χ0) is 13.1. The van der Waals surface area contributed by atoms with Crippen molar-refractivity contribution in [3.8, 4) is 11.5 Å². The minimum absolute atomic E-state index is 0. The molecule has 0 spiro atoms. The summed E-state index contributed by atoms with van der Waals surface area (Å²) in [5, 5.41) is 9.47. The van der Waals surface area contributed by atoms with E-state index in [1.54, 1.807) is 0 Å². The van der Waals surface area contributed by atoms with E-state index in [0.29, 0.717) is 6.42 Å². The van der Waals surface area contributed by atoms with Gasteiger partial charge in [0, 0.05) is 11.6 Å². The summed E-state index contributed by atoms with van der Waals surface area (Å²) in [4.78, 5) is 0. The fourth-order valence-electron chi connectivity index (χ4n) is 1.36. The number of nitrogens with two attached hydrogens (primary N) is 2. The van der Waals surface area contributed by atoms with Gasteiger partial charge < -0.3 is 21.3 Å². The summed E-state index contributed by atoms with van der Waals surface area (Å²) >= 11 is 0. The highest BCUT2D eigenvalue weighted by molar-refractivity contribution is 5.85. The SMILES string of the molecule is Cl.NCC[C@H](N)c1cc(OC(F)(F)F)ccc1O. The second-order valence-electron chi connectivity index (χ2n) is 3.45. The molecule has 0 aliphatic carbocycles. The van der Waals surface area contributed by atoms with Crippen LogP contribution in [0.4, 0.5) is 13.2 Å². The van der Waals surface area contributed by atoms with Crippen molar-refractivity contribution in [3.05, 3.63) is 23.8 Å². The largest absolute Gasteiger partial charge is 0.573 e. The minimum atomic E-state index is -4.77. The van der Waals surface area contributed by atoms with E-state index in [0.717, 1.165) is 18.2 Å². The average molecular weight is 287 g/mol. The first-order valence-electron chi connectivity index (χ1n) is 4.88. The Morgan fingerprint density at radius 2 is 1.94 bits per heavy atom. The summed E-state index contributed by atoms with van der Waals surface area (Å²) in [7, 11) is 0. The molecule has 1 aromatic rings. The summed E-state index contributed by atoms with van der Waals surface area (Å²) < 4.78 is 39.7. The van der Waals surface area contributed by atoms with Crippen molar-refractivity contribution in [1.29, 1.82) is 0 Å². The van der Waals surface area contributed by atoms with Crippen LogP contribution in [0, 0.1) is 0 Å². The molecule has 1 aromatic carbocycles. The number of aromatic hydroxyl groups is 1. The van der Waals surface area contributed by atoms with E-state index >= 15 is 0 Å². The summed E-state index contributed by atoms with van der Waals surface area (Å²) in [5.74, 6) is -0.599. The lowest BCUT2D eigenvalue weighted by molar-refractivity contribution is -0.274. The normalized spacial score (nSPS) is 12.7. The van der Waals surface area contributed by atoms with E-state index in [1.807, 2.05) is 0 Å². The van der Waals surface area contributed by atoms with Gasteiger partial charge in [-0.15, -0.1) is 25.6 Å². The first kappa shape index (κ1) is 16.8. The van der Waals surface area contributed by atoms with Gasteiger partial charge >= 0.3 is 6.36 Å². The molecule has 0 radical (unpaired) electrons. The zero-order valence-electron chi connectivity index (χ0n) is 9.28. The summed E-state index contributed by atoms with van der Waals surface area (Å²) in [6, 6.07) is 2.55. The molecule has 0 saturated carbocycles. The molecule has 1 atom stereocenters. The molecular weight excluding hydrogens is 273 g/mol. The van der Waals surface area contributed by atoms with Gasteiger partial charge in [0.05, 0.1) is 0 Å². The van der Waals surface area contributed by atoms with Crippen molar-refractivity contribution >= 4 is 12.4 Å². The molecule has 1 rings (SSSR count). The highest BCUT2D eigenvalue weighted by atomic mass is 35.5. The first-order valence-corrected chi connectivity index (χ1v) is 4.88. The number of rotatable bonds is 4. The summed E-state index contributed by atoms with van der Waals surface area (Å²) in [6.45, 7) is 0.269. The molecule has 0 amide bonds. The molecule has 0 unspecified atom stereocenters. The van der Waals surface area contributed by atoms with Gasteiger partial charge in [-0.1, -0.05) is 0 Å². The van der Waals surface area contributed by atoms with Crippen molar-refractivity contribution in [1.82, 2.24) is 0 Å². The lowest BCUT2D eigenvalue weighted by Crippen LogP contribution is -2.18. The van der Waals surface area contributed by atoms with E-state index in [-0.39, 0.29) is 30.3 Å². The third kappa shape index (κ3) is 4.99. The number of hydrogen-bond acceptors (Lipinski definition) is 4. The second kappa shape index (κ2) is 6.67. The lowest BCUT2D eigenvalue weighted by atomic mass is 10.0. The molecule has 0 saturated heterocycles. The first-order chi connectivity index (χ1) is 7.83. The molecule has 5 N–H and O–H groups in total. The number of phenols is 1. The maximum absolute atomic E-state index is 12.0. The van der Waals surface area contributed by atoms with Gasteiger partial charge in [0.25, 0.3) is 0 Å². The molecule has 8 heteroatoms. The molecule has 0 fully saturated rings. The van der Waals surface area contributed by atoms with Crippen molar-refractivity contribution < 1.29 is 23.0 Å². The van der Waals surface area contributed by atoms with Gasteiger partial charge in [-0.3, -0.25) is 0 Å². The second-order valence-corrected chi connectivity index (χ2v) is 3.45. The Labute approximate surface area is 108 Å². The average Bonchev–Trinajstić information content (AvgIpc) is 2.19. The Kier molecular flexibility index (Phi) is 6.23. The van der Waals surface area contributed by atoms with Crippen LogP contribution < -0.4 is 16.2 Å². The number of hydrogen-bond donors (Lipinski definition) is 3. The van der Waals surface area contributed by atoms with E-state index in [4.69, 9.17) is 11.5 Å². The van der Waals surface area contributed by atoms with Crippen LogP contribution in [-0.2, 0) is 0 Å². The Morgan fingerprint density at radius 1 is 1.33 bits per heavy atom. The van der Waals surface area contributed by atoms with Crippen LogP contribution in [0.5, 0.6) is 11.5 Å².